The van der Waals surface area contributed by atoms with Gasteiger partial charge in [-0.2, -0.15) is 0 Å². The highest BCUT2D eigenvalue weighted by Crippen LogP contribution is 2.50. The van der Waals surface area contributed by atoms with E-state index in [0.717, 1.165) is 28.0 Å². The highest BCUT2D eigenvalue weighted by atomic mass is 16.6. The van der Waals surface area contributed by atoms with Crippen LogP contribution in [0.2, 0.25) is 0 Å². The van der Waals surface area contributed by atoms with Crippen LogP contribution in [-0.4, -0.2) is 18.3 Å². The first-order valence-corrected chi connectivity index (χ1v) is 8.65. The van der Waals surface area contributed by atoms with Crippen LogP contribution in [0.1, 0.15) is 11.1 Å². The number of hydrogen-bond donors (Lipinski definition) is 1. The molecular weight excluding hydrogens is 328 g/mol. The third kappa shape index (κ3) is 2.42. The fraction of sp³-hybridized carbons (Fsp3) is 0.182. The number of ether oxygens (including phenoxy) is 3. The van der Waals surface area contributed by atoms with Crippen molar-refractivity contribution in [2.75, 3.05) is 13.2 Å². The van der Waals surface area contributed by atoms with Gasteiger partial charge in [0.05, 0.1) is 13.2 Å². The summed E-state index contributed by atoms with van der Waals surface area (Å²) in [6, 6.07) is 21.4. The van der Waals surface area contributed by atoms with E-state index in [-0.39, 0.29) is 5.75 Å². The van der Waals surface area contributed by atoms with Gasteiger partial charge >= 0.3 is 0 Å². The zero-order valence-corrected chi connectivity index (χ0v) is 14.1. The molecule has 0 saturated carbocycles. The van der Waals surface area contributed by atoms with E-state index in [1.165, 1.54) is 0 Å². The summed E-state index contributed by atoms with van der Waals surface area (Å²) < 4.78 is 17.7. The molecule has 0 unspecified atom stereocenters. The summed E-state index contributed by atoms with van der Waals surface area (Å²) in [6.45, 7) is 1.52. The van der Waals surface area contributed by atoms with E-state index >= 15 is 0 Å². The van der Waals surface area contributed by atoms with Crippen molar-refractivity contribution in [2.45, 2.75) is 12.2 Å². The van der Waals surface area contributed by atoms with Crippen molar-refractivity contribution in [3.05, 3.63) is 77.9 Å². The van der Waals surface area contributed by atoms with Gasteiger partial charge in [-0.15, -0.1) is 0 Å². The van der Waals surface area contributed by atoms with E-state index in [2.05, 4.69) is 12.1 Å². The van der Waals surface area contributed by atoms with Crippen LogP contribution in [0.3, 0.4) is 0 Å². The number of aromatic hydroxyl groups is 1. The van der Waals surface area contributed by atoms with Crippen LogP contribution in [0.25, 0.3) is 11.1 Å². The lowest BCUT2D eigenvalue weighted by Gasteiger charge is -2.45. The number of benzene rings is 3. The maximum atomic E-state index is 9.79. The molecule has 3 aromatic carbocycles. The average molecular weight is 346 g/mol. The molecule has 0 atom stereocenters. The van der Waals surface area contributed by atoms with Gasteiger partial charge in [-0.3, -0.25) is 0 Å². The molecule has 2 aliphatic heterocycles. The third-order valence-electron chi connectivity index (χ3n) is 4.96. The first kappa shape index (κ1) is 15.3. The molecular formula is C22H18O4. The Morgan fingerprint density at radius 1 is 0.923 bits per heavy atom. The maximum Gasteiger partial charge on any atom is 0.181 e. The van der Waals surface area contributed by atoms with Crippen molar-refractivity contribution in [1.82, 2.24) is 0 Å². The molecule has 0 aromatic heterocycles. The standard InChI is InChI=1S/C22H18O4/c23-16-6-8-19-18-9-7-17(25-12-15-4-2-1-3-5-15)11-20(18)22(13-24-14-22)26-21(19)10-16/h1-11,23H,12-14H2. The zero-order chi connectivity index (χ0) is 17.6. The summed E-state index contributed by atoms with van der Waals surface area (Å²) in [5, 5.41) is 9.79. The molecule has 3 aromatic rings. The molecule has 4 nitrogen and oxygen atoms in total. The van der Waals surface area contributed by atoms with E-state index < -0.39 is 5.60 Å². The van der Waals surface area contributed by atoms with Crippen LogP contribution in [-0.2, 0) is 16.9 Å². The monoisotopic (exact) mass is 346 g/mol. The third-order valence-corrected chi connectivity index (χ3v) is 4.96. The Morgan fingerprint density at radius 2 is 1.73 bits per heavy atom. The quantitative estimate of drug-likeness (QED) is 0.770. The maximum absolute atomic E-state index is 9.79. The predicted octanol–water partition coefficient (Wildman–Crippen LogP) is 4.26. The number of rotatable bonds is 3. The lowest BCUT2D eigenvalue weighted by atomic mass is 9.82. The Labute approximate surface area is 151 Å². The summed E-state index contributed by atoms with van der Waals surface area (Å²) in [5.41, 5.74) is 3.78. The van der Waals surface area contributed by atoms with Gasteiger partial charge in [0.1, 0.15) is 23.9 Å². The van der Waals surface area contributed by atoms with Crippen molar-refractivity contribution in [1.29, 1.82) is 0 Å². The van der Waals surface area contributed by atoms with Gasteiger partial charge in [0.2, 0.25) is 0 Å². The van der Waals surface area contributed by atoms with Gasteiger partial charge in [-0.1, -0.05) is 36.4 Å². The van der Waals surface area contributed by atoms with Crippen LogP contribution in [0, 0.1) is 0 Å². The lowest BCUT2D eigenvalue weighted by molar-refractivity contribution is -0.169. The van der Waals surface area contributed by atoms with Crippen LogP contribution < -0.4 is 9.47 Å². The number of phenolic OH excluding ortho intramolecular Hbond substituents is 1. The molecule has 0 radical (unpaired) electrons. The van der Waals surface area contributed by atoms with Gasteiger partial charge in [-0.25, -0.2) is 0 Å². The largest absolute Gasteiger partial charge is 0.508 e. The van der Waals surface area contributed by atoms with Crippen molar-refractivity contribution in [3.8, 4) is 28.4 Å². The second-order valence-corrected chi connectivity index (χ2v) is 6.75. The molecule has 26 heavy (non-hydrogen) atoms. The SMILES string of the molecule is Oc1ccc2c(c1)OC1(COC1)c1cc(OCc3ccccc3)ccc1-2. The molecule has 0 bridgehead atoms. The van der Waals surface area contributed by atoms with Crippen LogP contribution in [0.4, 0.5) is 0 Å². The first-order chi connectivity index (χ1) is 12.7. The molecule has 4 heteroatoms. The second kappa shape index (κ2) is 5.78. The van der Waals surface area contributed by atoms with E-state index in [0.29, 0.717) is 25.6 Å². The minimum atomic E-state index is -0.498. The van der Waals surface area contributed by atoms with Crippen LogP contribution in [0.5, 0.6) is 17.2 Å². The summed E-state index contributed by atoms with van der Waals surface area (Å²) >= 11 is 0. The highest BCUT2D eigenvalue weighted by Gasteiger charge is 2.47. The molecule has 130 valence electrons. The molecule has 0 aliphatic carbocycles. The van der Waals surface area contributed by atoms with Gasteiger partial charge in [0.25, 0.3) is 0 Å². The molecule has 2 heterocycles. The van der Waals surface area contributed by atoms with Crippen molar-refractivity contribution < 1.29 is 19.3 Å². The molecule has 5 rings (SSSR count). The minimum Gasteiger partial charge on any atom is -0.508 e. The van der Waals surface area contributed by atoms with E-state index in [9.17, 15) is 5.11 Å². The summed E-state index contributed by atoms with van der Waals surface area (Å²) in [7, 11) is 0. The second-order valence-electron chi connectivity index (χ2n) is 6.75. The lowest BCUT2D eigenvalue weighted by Crippen LogP contribution is -2.52. The first-order valence-electron chi connectivity index (χ1n) is 8.65. The molecule has 2 aliphatic rings. The molecule has 1 fully saturated rings. The number of hydrogen-bond acceptors (Lipinski definition) is 4. The van der Waals surface area contributed by atoms with Crippen molar-refractivity contribution >= 4 is 0 Å². The van der Waals surface area contributed by atoms with Gasteiger partial charge in [-0.05, 0) is 35.4 Å². The normalized spacial score (nSPS) is 16.2. The van der Waals surface area contributed by atoms with Crippen molar-refractivity contribution in [3.63, 3.8) is 0 Å². The minimum absolute atomic E-state index is 0.199. The number of phenols is 1. The molecule has 1 spiro atoms. The smallest absolute Gasteiger partial charge is 0.181 e. The van der Waals surface area contributed by atoms with E-state index in [4.69, 9.17) is 14.2 Å². The fourth-order valence-electron chi connectivity index (χ4n) is 3.55. The van der Waals surface area contributed by atoms with E-state index in [1.54, 1.807) is 12.1 Å². The van der Waals surface area contributed by atoms with E-state index in [1.807, 2.05) is 42.5 Å². The topological polar surface area (TPSA) is 47.9 Å². The van der Waals surface area contributed by atoms with Crippen molar-refractivity contribution in [2.24, 2.45) is 0 Å². The molecule has 1 N–H and O–H groups in total. The van der Waals surface area contributed by atoms with Gasteiger partial charge in [0, 0.05) is 17.2 Å². The summed E-state index contributed by atoms with van der Waals surface area (Å²) in [6.07, 6.45) is 0. The Bertz CT molecular complexity index is 961. The van der Waals surface area contributed by atoms with Gasteiger partial charge in [0.15, 0.2) is 5.60 Å². The summed E-state index contributed by atoms with van der Waals surface area (Å²) in [5.74, 6) is 1.70. The zero-order valence-electron chi connectivity index (χ0n) is 14.1. The Kier molecular flexibility index (Phi) is 3.40. The number of fused-ring (bicyclic) bond motifs is 4. The Hall–Kier alpha value is -2.98. The Balaban J connectivity index is 1.51. The molecule has 0 amide bonds. The van der Waals surface area contributed by atoms with Crippen LogP contribution >= 0.6 is 0 Å². The average Bonchev–Trinajstić information content (AvgIpc) is 2.64. The van der Waals surface area contributed by atoms with Crippen LogP contribution in [0.15, 0.2) is 66.7 Å². The highest BCUT2D eigenvalue weighted by molar-refractivity contribution is 5.78. The van der Waals surface area contributed by atoms with Gasteiger partial charge < -0.3 is 19.3 Å². The Morgan fingerprint density at radius 3 is 2.50 bits per heavy atom. The summed E-state index contributed by atoms with van der Waals surface area (Å²) in [4.78, 5) is 0. The fourth-order valence-corrected chi connectivity index (χ4v) is 3.55. The predicted molar refractivity (Wildman–Crippen MR) is 97.4 cm³/mol. The molecule has 1 saturated heterocycles.